The van der Waals surface area contributed by atoms with Gasteiger partial charge in [-0.1, -0.05) is 39.7 Å². The van der Waals surface area contributed by atoms with Crippen molar-refractivity contribution in [2.24, 2.45) is 0 Å². The second-order valence-corrected chi connectivity index (χ2v) is 7.55. The number of methoxy groups -OCH3 is 1. The molecule has 1 unspecified atom stereocenters. The van der Waals surface area contributed by atoms with Crippen LogP contribution in [0.25, 0.3) is 16.3 Å². The highest BCUT2D eigenvalue weighted by atomic mass is 32.1. The lowest BCUT2D eigenvalue weighted by Gasteiger charge is -2.20. The van der Waals surface area contributed by atoms with Crippen molar-refractivity contribution in [3.63, 3.8) is 0 Å². The van der Waals surface area contributed by atoms with Crippen molar-refractivity contribution in [1.82, 2.24) is 4.98 Å². The van der Waals surface area contributed by atoms with Gasteiger partial charge in [0, 0.05) is 22.2 Å². The number of hydrogen-bond donors (Lipinski definition) is 0. The summed E-state index contributed by atoms with van der Waals surface area (Å²) in [6.45, 7) is 10.5. The van der Waals surface area contributed by atoms with Gasteiger partial charge in [-0.25, -0.2) is 4.98 Å². The van der Waals surface area contributed by atoms with Crippen LogP contribution >= 0.6 is 11.3 Å². The number of unbranched alkanes of at least 4 members (excludes halogenated alkanes) is 1. The zero-order valence-electron chi connectivity index (χ0n) is 15.8. The lowest BCUT2D eigenvalue weighted by atomic mass is 10.1. The molecule has 0 radical (unpaired) electrons. The zero-order chi connectivity index (χ0) is 18.2. The molecule has 1 atom stereocenters. The summed E-state index contributed by atoms with van der Waals surface area (Å²) >= 11 is 1.68. The van der Waals surface area contributed by atoms with Gasteiger partial charge >= 0.3 is 0 Å². The summed E-state index contributed by atoms with van der Waals surface area (Å²) in [5.41, 5.74) is 1.99. The molecular weight excluding hydrogens is 330 g/mol. The molecule has 0 aliphatic rings. The second kappa shape index (κ2) is 9.62. The molecule has 4 heteroatoms. The summed E-state index contributed by atoms with van der Waals surface area (Å²) in [4.78, 5) is 5.71. The molecule has 2 aromatic rings. The van der Waals surface area contributed by atoms with Crippen LogP contribution in [-0.4, -0.2) is 18.2 Å². The molecule has 0 saturated heterocycles. The minimum atomic E-state index is 0.252. The van der Waals surface area contributed by atoms with Crippen LogP contribution in [0, 0.1) is 6.92 Å². The normalized spacial score (nSPS) is 12.0. The smallest absolute Gasteiger partial charge is 0.123 e. The van der Waals surface area contributed by atoms with Crippen LogP contribution in [0.2, 0.25) is 0 Å². The summed E-state index contributed by atoms with van der Waals surface area (Å²) in [5, 5.41) is 0.994. The highest BCUT2D eigenvalue weighted by Gasteiger charge is 2.14. The van der Waals surface area contributed by atoms with Crippen molar-refractivity contribution in [3.8, 4) is 16.3 Å². The van der Waals surface area contributed by atoms with Gasteiger partial charge in [0.15, 0.2) is 0 Å². The fraction of sp³-hybridized carbons (Fsp3) is 0.476. The van der Waals surface area contributed by atoms with E-state index in [9.17, 15) is 0 Å². The number of rotatable bonds is 10. The fourth-order valence-corrected chi connectivity index (χ4v) is 3.52. The number of aromatic nitrogens is 1. The first kappa shape index (κ1) is 19.5. The van der Waals surface area contributed by atoms with E-state index in [1.807, 2.05) is 12.3 Å². The zero-order valence-corrected chi connectivity index (χ0v) is 16.6. The predicted octanol–water partition coefficient (Wildman–Crippen LogP) is 6.47. The van der Waals surface area contributed by atoms with Crippen LogP contribution in [-0.2, 0) is 4.74 Å². The lowest BCUT2D eigenvalue weighted by Crippen LogP contribution is -2.16. The third kappa shape index (κ3) is 5.60. The quantitative estimate of drug-likeness (QED) is 0.455. The summed E-state index contributed by atoms with van der Waals surface area (Å²) < 4.78 is 11.7. The van der Waals surface area contributed by atoms with Gasteiger partial charge in [-0.15, -0.1) is 11.3 Å². The van der Waals surface area contributed by atoms with Gasteiger partial charge in [0.25, 0.3) is 0 Å². The Labute approximate surface area is 155 Å². The standard InChI is InChI=1S/C21H29NO2S/c1-6-8-10-19(9-7-2)24-20-12-17(16(4)23-5)11-18(13-20)21-22-14-15(3)25-21/h11-14,19H,4,6-10H2,1-3,5H3. The van der Waals surface area contributed by atoms with Crippen molar-refractivity contribution >= 4 is 17.1 Å². The highest BCUT2D eigenvalue weighted by Crippen LogP contribution is 2.32. The maximum Gasteiger partial charge on any atom is 0.123 e. The largest absolute Gasteiger partial charge is 0.497 e. The summed E-state index contributed by atoms with van der Waals surface area (Å²) in [7, 11) is 1.64. The van der Waals surface area contributed by atoms with E-state index in [2.05, 4.69) is 44.5 Å². The Morgan fingerprint density at radius 3 is 2.60 bits per heavy atom. The van der Waals surface area contributed by atoms with Gasteiger partial charge in [-0.3, -0.25) is 0 Å². The van der Waals surface area contributed by atoms with Gasteiger partial charge in [0.05, 0.1) is 13.2 Å². The number of nitrogens with zero attached hydrogens (tertiary/aromatic N) is 1. The molecule has 0 fully saturated rings. The fourth-order valence-electron chi connectivity index (χ4n) is 2.77. The van der Waals surface area contributed by atoms with Gasteiger partial charge in [-0.05, 0) is 38.0 Å². The van der Waals surface area contributed by atoms with E-state index >= 15 is 0 Å². The monoisotopic (exact) mass is 359 g/mol. The molecule has 2 rings (SSSR count). The first-order chi connectivity index (χ1) is 12.1. The molecule has 0 bridgehead atoms. The average molecular weight is 360 g/mol. The minimum absolute atomic E-state index is 0.252. The van der Waals surface area contributed by atoms with Gasteiger partial charge < -0.3 is 9.47 Å². The summed E-state index contributed by atoms with van der Waals surface area (Å²) in [6, 6.07) is 6.17. The number of ether oxygens (including phenoxy) is 2. The molecule has 25 heavy (non-hydrogen) atoms. The third-order valence-corrected chi connectivity index (χ3v) is 5.10. The molecule has 1 aromatic carbocycles. The minimum Gasteiger partial charge on any atom is -0.497 e. The highest BCUT2D eigenvalue weighted by molar-refractivity contribution is 7.14. The van der Waals surface area contributed by atoms with E-state index in [0.717, 1.165) is 41.1 Å². The van der Waals surface area contributed by atoms with E-state index < -0.39 is 0 Å². The molecule has 136 valence electrons. The molecule has 0 spiro atoms. The molecular formula is C21H29NO2S. The average Bonchev–Trinajstić information content (AvgIpc) is 3.05. The summed E-state index contributed by atoms with van der Waals surface area (Å²) in [5.74, 6) is 1.51. The van der Waals surface area contributed by atoms with Crippen molar-refractivity contribution in [3.05, 3.63) is 41.4 Å². The number of hydrogen-bond acceptors (Lipinski definition) is 4. The van der Waals surface area contributed by atoms with Crippen molar-refractivity contribution in [1.29, 1.82) is 0 Å². The SMILES string of the molecule is C=C(OC)c1cc(OC(CCC)CCCC)cc(-c2ncc(C)s2)c1. The van der Waals surface area contributed by atoms with E-state index in [1.165, 1.54) is 17.7 Å². The predicted molar refractivity (Wildman–Crippen MR) is 107 cm³/mol. The Hall–Kier alpha value is -1.81. The van der Waals surface area contributed by atoms with Crippen LogP contribution in [0.4, 0.5) is 0 Å². The van der Waals surface area contributed by atoms with E-state index in [0.29, 0.717) is 5.76 Å². The molecule has 0 aliphatic heterocycles. The lowest BCUT2D eigenvalue weighted by molar-refractivity contribution is 0.176. The molecule has 1 aromatic heterocycles. The molecule has 0 aliphatic carbocycles. The molecule has 0 N–H and O–H groups in total. The van der Waals surface area contributed by atoms with Crippen molar-refractivity contribution < 1.29 is 9.47 Å². The topological polar surface area (TPSA) is 31.4 Å². The van der Waals surface area contributed by atoms with Crippen LogP contribution in [0.5, 0.6) is 5.75 Å². The van der Waals surface area contributed by atoms with Gasteiger partial charge in [0.2, 0.25) is 0 Å². The van der Waals surface area contributed by atoms with Crippen LogP contribution in [0.1, 0.15) is 56.4 Å². The first-order valence-corrected chi connectivity index (χ1v) is 9.86. The molecule has 0 amide bonds. The van der Waals surface area contributed by atoms with Crippen molar-refractivity contribution in [2.45, 2.75) is 59.0 Å². The van der Waals surface area contributed by atoms with Crippen LogP contribution < -0.4 is 4.74 Å². The maximum absolute atomic E-state index is 6.34. The molecule has 3 nitrogen and oxygen atoms in total. The second-order valence-electron chi connectivity index (χ2n) is 6.32. The van der Waals surface area contributed by atoms with Crippen LogP contribution in [0.15, 0.2) is 31.0 Å². The number of aryl methyl sites for hydroxylation is 1. The summed E-state index contributed by atoms with van der Waals surface area (Å²) in [6.07, 6.45) is 7.81. The number of thiazole rings is 1. The van der Waals surface area contributed by atoms with E-state index in [-0.39, 0.29) is 6.10 Å². The van der Waals surface area contributed by atoms with E-state index in [4.69, 9.17) is 9.47 Å². The Balaban J connectivity index is 2.33. The maximum atomic E-state index is 6.34. The van der Waals surface area contributed by atoms with Crippen molar-refractivity contribution in [2.75, 3.05) is 7.11 Å². The van der Waals surface area contributed by atoms with Crippen LogP contribution in [0.3, 0.4) is 0 Å². The van der Waals surface area contributed by atoms with Gasteiger partial charge in [-0.2, -0.15) is 0 Å². The van der Waals surface area contributed by atoms with E-state index in [1.54, 1.807) is 18.4 Å². The van der Waals surface area contributed by atoms with Gasteiger partial charge in [0.1, 0.15) is 16.5 Å². The Bertz CT molecular complexity index is 693. The molecule has 1 heterocycles. The molecule has 0 saturated carbocycles. The Morgan fingerprint density at radius 2 is 2.00 bits per heavy atom. The third-order valence-electron chi connectivity index (χ3n) is 4.14. The Morgan fingerprint density at radius 1 is 1.20 bits per heavy atom. The Kier molecular flexibility index (Phi) is 7.51. The first-order valence-electron chi connectivity index (χ1n) is 9.05. The number of benzene rings is 1.